The molecule has 0 fully saturated rings. The molecule has 1 unspecified atom stereocenters. The fourth-order valence-electron chi connectivity index (χ4n) is 2.60. The number of aryl methyl sites for hydroxylation is 1. The van der Waals surface area contributed by atoms with E-state index >= 15 is 0 Å². The minimum absolute atomic E-state index is 0.431. The Hall–Kier alpha value is -0.600. The molecular weight excluding hydrogens is 288 g/mol. The molecule has 1 aromatic carbocycles. The van der Waals surface area contributed by atoms with Crippen LogP contribution in [0.5, 0.6) is 0 Å². The molecule has 1 aliphatic rings. The van der Waals surface area contributed by atoms with E-state index < -0.39 is 6.10 Å². The fourth-order valence-corrected chi connectivity index (χ4v) is 3.23. The number of benzene rings is 1. The van der Waals surface area contributed by atoms with Crippen LogP contribution >= 0.6 is 15.9 Å². The molecule has 1 aliphatic carbocycles. The average molecular weight is 309 g/mol. The third kappa shape index (κ3) is 3.69. The SMILES string of the molecule is Cc1cc(Br)cc(C(O)/C2=C/CCCCCC2)c1. The van der Waals surface area contributed by atoms with E-state index in [2.05, 4.69) is 41.1 Å². The molecule has 1 atom stereocenters. The highest BCUT2D eigenvalue weighted by Gasteiger charge is 2.15. The Bertz CT molecular complexity index is 416. The lowest BCUT2D eigenvalue weighted by Gasteiger charge is -2.18. The van der Waals surface area contributed by atoms with Crippen LogP contribution in [0.4, 0.5) is 0 Å². The van der Waals surface area contributed by atoms with E-state index in [0.29, 0.717) is 0 Å². The highest BCUT2D eigenvalue weighted by Crippen LogP contribution is 2.30. The zero-order valence-corrected chi connectivity index (χ0v) is 12.5. The minimum Gasteiger partial charge on any atom is -0.384 e. The average Bonchev–Trinajstić information content (AvgIpc) is 2.26. The molecule has 0 bridgehead atoms. The lowest BCUT2D eigenvalue weighted by molar-refractivity contribution is 0.209. The largest absolute Gasteiger partial charge is 0.384 e. The molecule has 0 aliphatic heterocycles. The summed E-state index contributed by atoms with van der Waals surface area (Å²) in [6, 6.07) is 6.18. The minimum atomic E-state index is -0.431. The zero-order chi connectivity index (χ0) is 13.0. The van der Waals surface area contributed by atoms with Gasteiger partial charge in [-0.15, -0.1) is 0 Å². The van der Waals surface area contributed by atoms with Gasteiger partial charge in [0.2, 0.25) is 0 Å². The van der Waals surface area contributed by atoms with E-state index in [9.17, 15) is 5.11 Å². The second-order valence-electron chi connectivity index (χ2n) is 5.20. The van der Waals surface area contributed by atoms with Crippen LogP contribution in [-0.2, 0) is 0 Å². The molecule has 0 aromatic heterocycles. The van der Waals surface area contributed by atoms with Gasteiger partial charge in [0.15, 0.2) is 0 Å². The van der Waals surface area contributed by atoms with Gasteiger partial charge in [-0.3, -0.25) is 0 Å². The summed E-state index contributed by atoms with van der Waals surface area (Å²) in [5, 5.41) is 10.5. The predicted molar refractivity (Wildman–Crippen MR) is 79.6 cm³/mol. The normalized spacial score (nSPS) is 21.6. The molecule has 0 spiro atoms. The van der Waals surface area contributed by atoms with Crippen LogP contribution in [0, 0.1) is 6.92 Å². The Morgan fingerprint density at radius 3 is 2.67 bits per heavy atom. The summed E-state index contributed by atoms with van der Waals surface area (Å²) in [6.45, 7) is 2.06. The quantitative estimate of drug-likeness (QED) is 0.756. The number of aliphatic hydroxyl groups is 1. The summed E-state index contributed by atoms with van der Waals surface area (Å²) in [5.74, 6) is 0. The lowest BCUT2D eigenvalue weighted by atomic mass is 9.92. The van der Waals surface area contributed by atoms with E-state index in [1.54, 1.807) is 0 Å². The van der Waals surface area contributed by atoms with Crippen molar-refractivity contribution in [3.63, 3.8) is 0 Å². The first-order valence-electron chi connectivity index (χ1n) is 6.81. The molecular formula is C16H21BrO. The van der Waals surface area contributed by atoms with Crippen LogP contribution in [0.1, 0.15) is 55.8 Å². The van der Waals surface area contributed by atoms with Crippen molar-refractivity contribution in [2.24, 2.45) is 0 Å². The van der Waals surface area contributed by atoms with Gasteiger partial charge in [-0.05, 0) is 61.4 Å². The zero-order valence-electron chi connectivity index (χ0n) is 11.0. The van der Waals surface area contributed by atoms with Gasteiger partial charge in [0.05, 0.1) is 0 Å². The number of aliphatic hydroxyl groups excluding tert-OH is 1. The van der Waals surface area contributed by atoms with Gasteiger partial charge in [-0.1, -0.05) is 40.9 Å². The van der Waals surface area contributed by atoms with E-state index in [1.165, 1.54) is 36.8 Å². The number of allylic oxidation sites excluding steroid dienone is 1. The highest BCUT2D eigenvalue weighted by molar-refractivity contribution is 9.10. The summed E-state index contributed by atoms with van der Waals surface area (Å²) in [6.07, 6.45) is 9.05. The molecule has 0 heterocycles. The van der Waals surface area contributed by atoms with Gasteiger partial charge in [0.1, 0.15) is 6.10 Å². The standard InChI is InChI=1S/C16H21BrO/c1-12-9-14(11-15(17)10-12)16(18)13-7-5-3-2-4-6-8-13/h7,9-11,16,18H,2-6,8H2,1H3/b13-7+. The van der Waals surface area contributed by atoms with Crippen molar-refractivity contribution in [2.45, 2.75) is 51.6 Å². The second-order valence-corrected chi connectivity index (χ2v) is 6.11. The topological polar surface area (TPSA) is 20.2 Å². The summed E-state index contributed by atoms with van der Waals surface area (Å²) >= 11 is 3.50. The van der Waals surface area contributed by atoms with Crippen molar-refractivity contribution in [1.29, 1.82) is 0 Å². The van der Waals surface area contributed by atoms with E-state index in [-0.39, 0.29) is 0 Å². The lowest BCUT2D eigenvalue weighted by Crippen LogP contribution is -2.04. The van der Waals surface area contributed by atoms with Crippen molar-refractivity contribution in [3.05, 3.63) is 45.4 Å². The Balaban J connectivity index is 2.20. The first-order chi connectivity index (χ1) is 8.66. The summed E-state index contributed by atoms with van der Waals surface area (Å²) in [5.41, 5.74) is 3.39. The van der Waals surface area contributed by atoms with E-state index in [4.69, 9.17) is 0 Å². The van der Waals surface area contributed by atoms with Crippen LogP contribution in [0.3, 0.4) is 0 Å². The summed E-state index contributed by atoms with van der Waals surface area (Å²) < 4.78 is 1.04. The molecule has 2 heteroatoms. The Labute approximate surface area is 118 Å². The Kier molecular flexibility index (Phi) is 5.02. The molecule has 1 N–H and O–H groups in total. The van der Waals surface area contributed by atoms with Gasteiger partial charge in [-0.2, -0.15) is 0 Å². The molecule has 0 radical (unpaired) electrons. The first kappa shape index (κ1) is 13.8. The molecule has 18 heavy (non-hydrogen) atoms. The molecule has 2 rings (SSSR count). The number of rotatable bonds is 2. The summed E-state index contributed by atoms with van der Waals surface area (Å²) in [4.78, 5) is 0. The third-order valence-corrected chi connectivity index (χ3v) is 4.02. The van der Waals surface area contributed by atoms with Crippen molar-refractivity contribution in [3.8, 4) is 0 Å². The number of hydrogen-bond donors (Lipinski definition) is 1. The van der Waals surface area contributed by atoms with Crippen LogP contribution in [0.2, 0.25) is 0 Å². The van der Waals surface area contributed by atoms with Gasteiger partial charge >= 0.3 is 0 Å². The smallest absolute Gasteiger partial charge is 0.100 e. The predicted octanol–water partition coefficient (Wildman–Crippen LogP) is 5.07. The van der Waals surface area contributed by atoms with Crippen LogP contribution in [-0.4, -0.2) is 5.11 Å². The van der Waals surface area contributed by atoms with Gasteiger partial charge in [-0.25, -0.2) is 0 Å². The molecule has 98 valence electrons. The first-order valence-corrected chi connectivity index (χ1v) is 7.60. The van der Waals surface area contributed by atoms with Crippen molar-refractivity contribution >= 4 is 15.9 Å². The van der Waals surface area contributed by atoms with Gasteiger partial charge in [0.25, 0.3) is 0 Å². The molecule has 1 aromatic rings. The second kappa shape index (κ2) is 6.53. The third-order valence-electron chi connectivity index (χ3n) is 3.56. The number of hydrogen-bond acceptors (Lipinski definition) is 1. The molecule has 0 saturated carbocycles. The Morgan fingerprint density at radius 2 is 1.89 bits per heavy atom. The van der Waals surface area contributed by atoms with Crippen molar-refractivity contribution in [2.75, 3.05) is 0 Å². The molecule has 1 nitrogen and oxygen atoms in total. The molecule has 0 amide bonds. The monoisotopic (exact) mass is 308 g/mol. The van der Waals surface area contributed by atoms with Gasteiger partial charge < -0.3 is 5.11 Å². The maximum absolute atomic E-state index is 10.5. The summed E-state index contributed by atoms with van der Waals surface area (Å²) in [7, 11) is 0. The van der Waals surface area contributed by atoms with Crippen LogP contribution in [0.15, 0.2) is 34.3 Å². The number of halogens is 1. The van der Waals surface area contributed by atoms with E-state index in [1.807, 2.05) is 6.07 Å². The van der Waals surface area contributed by atoms with E-state index in [0.717, 1.165) is 22.9 Å². The van der Waals surface area contributed by atoms with Crippen LogP contribution in [0.25, 0.3) is 0 Å². The van der Waals surface area contributed by atoms with Crippen LogP contribution < -0.4 is 0 Å². The maximum atomic E-state index is 10.5. The fraction of sp³-hybridized carbons (Fsp3) is 0.500. The maximum Gasteiger partial charge on any atom is 0.100 e. The molecule has 0 saturated heterocycles. The van der Waals surface area contributed by atoms with Crippen molar-refractivity contribution in [1.82, 2.24) is 0 Å². The van der Waals surface area contributed by atoms with Crippen molar-refractivity contribution < 1.29 is 5.11 Å². The highest BCUT2D eigenvalue weighted by atomic mass is 79.9. The Morgan fingerprint density at radius 1 is 1.11 bits per heavy atom. The van der Waals surface area contributed by atoms with Gasteiger partial charge in [0, 0.05) is 4.47 Å².